The van der Waals surface area contributed by atoms with Crippen molar-refractivity contribution in [1.29, 1.82) is 5.41 Å². The van der Waals surface area contributed by atoms with Crippen LogP contribution < -0.4 is 15.2 Å². The number of nitrogens with two attached hydrogens (primary N) is 1. The number of ether oxygens (including phenoxy) is 2. The molecule has 104 valence electrons. The van der Waals surface area contributed by atoms with Crippen LogP contribution in [0.2, 0.25) is 5.02 Å². The summed E-state index contributed by atoms with van der Waals surface area (Å²) in [5, 5.41) is 7.78. The summed E-state index contributed by atoms with van der Waals surface area (Å²) >= 11 is 6.10. The van der Waals surface area contributed by atoms with Crippen LogP contribution in [0.25, 0.3) is 0 Å². The molecule has 2 aromatic carbocycles. The minimum atomic E-state index is -0.0220. The zero-order valence-electron chi connectivity index (χ0n) is 11.0. The summed E-state index contributed by atoms with van der Waals surface area (Å²) in [6.45, 7) is 0.385. The Hall–Kier alpha value is -2.20. The Balaban J connectivity index is 2.08. The van der Waals surface area contributed by atoms with E-state index in [1.54, 1.807) is 25.3 Å². The third kappa shape index (κ3) is 3.42. The molecule has 0 fully saturated rings. The lowest BCUT2D eigenvalue weighted by Crippen LogP contribution is -2.10. The molecule has 0 bridgehead atoms. The molecule has 0 aliphatic rings. The summed E-state index contributed by atoms with van der Waals surface area (Å²) in [6.07, 6.45) is 0. The SMILES string of the molecule is COc1cccc(COc2ccc(C(=N)N)cc2Cl)c1. The molecule has 3 N–H and O–H groups in total. The first kappa shape index (κ1) is 14.2. The number of nitrogen functional groups attached to an aromatic ring is 1. The predicted octanol–water partition coefficient (Wildman–Crippen LogP) is 3.21. The molecule has 4 nitrogen and oxygen atoms in total. The first-order chi connectivity index (χ1) is 9.60. The van der Waals surface area contributed by atoms with Crippen LogP contribution in [-0.4, -0.2) is 12.9 Å². The smallest absolute Gasteiger partial charge is 0.138 e. The van der Waals surface area contributed by atoms with E-state index in [1.807, 2.05) is 24.3 Å². The number of methoxy groups -OCH3 is 1. The van der Waals surface area contributed by atoms with Crippen LogP contribution in [-0.2, 0) is 6.61 Å². The minimum Gasteiger partial charge on any atom is -0.497 e. The van der Waals surface area contributed by atoms with Gasteiger partial charge >= 0.3 is 0 Å². The van der Waals surface area contributed by atoms with Crippen molar-refractivity contribution in [3.05, 3.63) is 58.6 Å². The van der Waals surface area contributed by atoms with Gasteiger partial charge in [0.05, 0.1) is 12.1 Å². The lowest BCUT2D eigenvalue weighted by atomic mass is 10.2. The van der Waals surface area contributed by atoms with E-state index in [0.29, 0.717) is 22.9 Å². The highest BCUT2D eigenvalue weighted by Crippen LogP contribution is 2.26. The van der Waals surface area contributed by atoms with Crippen molar-refractivity contribution in [2.24, 2.45) is 5.73 Å². The van der Waals surface area contributed by atoms with Crippen LogP contribution in [0.5, 0.6) is 11.5 Å². The maximum absolute atomic E-state index is 7.35. The van der Waals surface area contributed by atoms with E-state index >= 15 is 0 Å². The third-order valence-electron chi connectivity index (χ3n) is 2.77. The number of rotatable bonds is 5. The summed E-state index contributed by atoms with van der Waals surface area (Å²) in [5.74, 6) is 1.31. The fraction of sp³-hybridized carbons (Fsp3) is 0.133. The summed E-state index contributed by atoms with van der Waals surface area (Å²) in [4.78, 5) is 0. The van der Waals surface area contributed by atoms with Gasteiger partial charge in [-0.3, -0.25) is 5.41 Å². The minimum absolute atomic E-state index is 0.0220. The van der Waals surface area contributed by atoms with Crippen molar-refractivity contribution >= 4 is 17.4 Å². The molecule has 2 rings (SSSR count). The average Bonchev–Trinajstić information content (AvgIpc) is 2.46. The maximum atomic E-state index is 7.35. The Kier molecular flexibility index (Phi) is 4.48. The molecule has 2 aromatic rings. The van der Waals surface area contributed by atoms with Gasteiger partial charge in [0.2, 0.25) is 0 Å². The molecule has 0 aromatic heterocycles. The zero-order chi connectivity index (χ0) is 14.5. The zero-order valence-corrected chi connectivity index (χ0v) is 11.8. The van der Waals surface area contributed by atoms with E-state index in [9.17, 15) is 0 Å². The highest BCUT2D eigenvalue weighted by molar-refractivity contribution is 6.32. The fourth-order valence-corrected chi connectivity index (χ4v) is 1.94. The number of hydrogen-bond donors (Lipinski definition) is 2. The van der Waals surface area contributed by atoms with Crippen LogP contribution in [0.15, 0.2) is 42.5 Å². The van der Waals surface area contributed by atoms with Gasteiger partial charge in [0.1, 0.15) is 23.9 Å². The predicted molar refractivity (Wildman–Crippen MR) is 79.8 cm³/mol. The van der Waals surface area contributed by atoms with Crippen LogP contribution in [0, 0.1) is 5.41 Å². The first-order valence-electron chi connectivity index (χ1n) is 6.00. The largest absolute Gasteiger partial charge is 0.497 e. The molecule has 20 heavy (non-hydrogen) atoms. The van der Waals surface area contributed by atoms with Crippen molar-refractivity contribution in [1.82, 2.24) is 0 Å². The molecule has 0 heterocycles. The van der Waals surface area contributed by atoms with Crippen LogP contribution in [0.3, 0.4) is 0 Å². The van der Waals surface area contributed by atoms with Gasteiger partial charge in [-0.05, 0) is 35.9 Å². The molecule has 0 aliphatic carbocycles. The highest BCUT2D eigenvalue weighted by atomic mass is 35.5. The fourth-order valence-electron chi connectivity index (χ4n) is 1.71. The number of halogens is 1. The summed E-state index contributed by atoms with van der Waals surface area (Å²) in [7, 11) is 1.62. The molecule has 0 amide bonds. The lowest BCUT2D eigenvalue weighted by molar-refractivity contribution is 0.305. The van der Waals surface area contributed by atoms with E-state index in [1.165, 1.54) is 0 Å². The van der Waals surface area contributed by atoms with Crippen molar-refractivity contribution in [2.45, 2.75) is 6.61 Å². The van der Waals surface area contributed by atoms with E-state index in [0.717, 1.165) is 11.3 Å². The second kappa shape index (κ2) is 6.30. The molecule has 0 aliphatic heterocycles. The Morgan fingerprint density at radius 3 is 2.70 bits per heavy atom. The van der Waals surface area contributed by atoms with Gasteiger partial charge in [0.25, 0.3) is 0 Å². The Bertz CT molecular complexity index is 629. The Labute approximate surface area is 122 Å². The molecule has 0 saturated carbocycles. The number of nitrogens with one attached hydrogen (secondary N) is 1. The van der Waals surface area contributed by atoms with E-state index in [4.69, 9.17) is 32.2 Å². The average molecular weight is 291 g/mol. The molecule has 0 radical (unpaired) electrons. The number of hydrogen-bond acceptors (Lipinski definition) is 3. The first-order valence-corrected chi connectivity index (χ1v) is 6.37. The molecular formula is C15H15ClN2O2. The molecule has 0 saturated heterocycles. The normalized spacial score (nSPS) is 10.1. The third-order valence-corrected chi connectivity index (χ3v) is 3.07. The Morgan fingerprint density at radius 1 is 1.25 bits per heavy atom. The quantitative estimate of drug-likeness (QED) is 0.656. The highest BCUT2D eigenvalue weighted by Gasteiger charge is 2.05. The second-order valence-electron chi connectivity index (χ2n) is 4.20. The maximum Gasteiger partial charge on any atom is 0.138 e. The number of amidine groups is 1. The molecule has 0 unspecified atom stereocenters. The molecule has 0 atom stereocenters. The van der Waals surface area contributed by atoms with Crippen LogP contribution in [0.1, 0.15) is 11.1 Å². The van der Waals surface area contributed by atoms with E-state index in [-0.39, 0.29) is 5.84 Å². The van der Waals surface area contributed by atoms with Gasteiger partial charge in [0.15, 0.2) is 0 Å². The van der Waals surface area contributed by atoms with Gasteiger partial charge in [-0.15, -0.1) is 0 Å². The van der Waals surface area contributed by atoms with Gasteiger partial charge < -0.3 is 15.2 Å². The summed E-state index contributed by atoms with van der Waals surface area (Å²) < 4.78 is 10.8. The monoisotopic (exact) mass is 290 g/mol. The van der Waals surface area contributed by atoms with Crippen LogP contribution >= 0.6 is 11.6 Å². The topological polar surface area (TPSA) is 68.3 Å². The van der Waals surface area contributed by atoms with Gasteiger partial charge in [-0.1, -0.05) is 23.7 Å². The van der Waals surface area contributed by atoms with E-state index < -0.39 is 0 Å². The van der Waals surface area contributed by atoms with Gasteiger partial charge in [0, 0.05) is 5.56 Å². The van der Waals surface area contributed by atoms with Gasteiger partial charge in [-0.2, -0.15) is 0 Å². The second-order valence-corrected chi connectivity index (χ2v) is 4.61. The van der Waals surface area contributed by atoms with Gasteiger partial charge in [-0.25, -0.2) is 0 Å². The van der Waals surface area contributed by atoms with Crippen molar-refractivity contribution < 1.29 is 9.47 Å². The van der Waals surface area contributed by atoms with Crippen molar-refractivity contribution in [3.8, 4) is 11.5 Å². The van der Waals surface area contributed by atoms with Crippen molar-refractivity contribution in [2.75, 3.05) is 7.11 Å². The van der Waals surface area contributed by atoms with Crippen LogP contribution in [0.4, 0.5) is 0 Å². The van der Waals surface area contributed by atoms with E-state index in [2.05, 4.69) is 0 Å². The molecule has 0 spiro atoms. The summed E-state index contributed by atoms with van der Waals surface area (Å²) in [6, 6.07) is 12.6. The Morgan fingerprint density at radius 2 is 2.05 bits per heavy atom. The standard InChI is InChI=1S/C15H15ClN2O2/c1-19-12-4-2-3-10(7-12)9-20-14-6-5-11(15(17)18)8-13(14)16/h2-8H,9H2,1H3,(H3,17,18). The van der Waals surface area contributed by atoms with Crippen molar-refractivity contribution in [3.63, 3.8) is 0 Å². The molecular weight excluding hydrogens is 276 g/mol. The summed E-state index contributed by atoms with van der Waals surface area (Å²) in [5.41, 5.74) is 6.95. The molecule has 5 heteroatoms. The lowest BCUT2D eigenvalue weighted by Gasteiger charge is -2.10. The number of benzene rings is 2.